The first-order chi connectivity index (χ1) is 15.0. The topological polar surface area (TPSA) is 37.3 Å². The molecule has 1 unspecified atom stereocenters. The molecular weight excluding hydrogens is 380 g/mol. The molecule has 172 valence electrons. The molecule has 2 aromatic rings. The highest BCUT2D eigenvalue weighted by atomic mass is 16.3. The minimum Gasteiger partial charge on any atom is -0.508 e. The van der Waals surface area contributed by atoms with E-state index in [9.17, 15) is 9.90 Å². The van der Waals surface area contributed by atoms with Crippen molar-refractivity contribution in [3.05, 3.63) is 65.7 Å². The highest BCUT2D eigenvalue weighted by molar-refractivity contribution is 5.75. The van der Waals surface area contributed by atoms with Crippen LogP contribution in [0.1, 0.15) is 96.6 Å². The highest BCUT2D eigenvalue weighted by Gasteiger charge is 2.25. The predicted molar refractivity (Wildman–Crippen MR) is 134 cm³/mol. The standard InChI is InChI=1S/C17H26O.C10H12O.C2H6/c1-3-4-13(2)14-5-7-15(8-6-14)16-9-11-17(18)12-10-16;1-9(11)7-8-10-5-3-2-4-6-10;1-2/h9-15,18H,3-8H2,1-2H3;2-6H,7-8H2,1H3;1-2H3. The number of hydrogen-bond donors (Lipinski definition) is 1. The van der Waals surface area contributed by atoms with E-state index in [1.807, 2.05) is 56.3 Å². The van der Waals surface area contributed by atoms with Gasteiger partial charge in [0.1, 0.15) is 11.5 Å². The monoisotopic (exact) mass is 424 g/mol. The van der Waals surface area contributed by atoms with E-state index < -0.39 is 0 Å². The molecule has 0 heterocycles. The molecule has 2 heteroatoms. The van der Waals surface area contributed by atoms with E-state index in [1.54, 1.807) is 6.92 Å². The number of aromatic hydroxyl groups is 1. The van der Waals surface area contributed by atoms with Crippen LogP contribution >= 0.6 is 0 Å². The molecule has 2 aromatic carbocycles. The van der Waals surface area contributed by atoms with Crippen LogP contribution in [0.4, 0.5) is 0 Å². The number of aryl methyl sites for hydroxylation is 1. The Balaban J connectivity index is 0.000000317. The number of carbonyl (C=O) groups is 1. The number of phenols is 1. The van der Waals surface area contributed by atoms with E-state index in [0.717, 1.165) is 24.2 Å². The van der Waals surface area contributed by atoms with Crippen molar-refractivity contribution in [1.29, 1.82) is 0 Å². The third kappa shape index (κ3) is 10.7. The Labute approximate surface area is 191 Å². The Hall–Kier alpha value is -2.09. The number of phenolic OH excluding ortho intramolecular Hbond substituents is 1. The van der Waals surface area contributed by atoms with Crippen molar-refractivity contribution in [3.8, 4) is 5.75 Å². The van der Waals surface area contributed by atoms with Crippen molar-refractivity contribution >= 4 is 5.78 Å². The Morgan fingerprint density at radius 2 is 1.55 bits per heavy atom. The van der Waals surface area contributed by atoms with E-state index in [4.69, 9.17) is 0 Å². The Kier molecular flexibility index (Phi) is 13.6. The van der Waals surface area contributed by atoms with Gasteiger partial charge >= 0.3 is 0 Å². The summed E-state index contributed by atoms with van der Waals surface area (Å²) >= 11 is 0. The molecule has 0 spiro atoms. The van der Waals surface area contributed by atoms with Crippen LogP contribution in [0, 0.1) is 11.8 Å². The van der Waals surface area contributed by atoms with Crippen LogP contribution in [0.3, 0.4) is 0 Å². The summed E-state index contributed by atoms with van der Waals surface area (Å²) in [5.74, 6) is 3.20. The van der Waals surface area contributed by atoms with Gasteiger partial charge < -0.3 is 9.90 Å². The average Bonchev–Trinajstić information content (AvgIpc) is 2.81. The molecule has 1 fully saturated rings. The second-order valence-electron chi connectivity index (χ2n) is 8.66. The summed E-state index contributed by atoms with van der Waals surface area (Å²) in [5, 5.41) is 9.33. The Morgan fingerprint density at radius 1 is 0.968 bits per heavy atom. The maximum Gasteiger partial charge on any atom is 0.130 e. The van der Waals surface area contributed by atoms with Gasteiger partial charge in [-0.1, -0.05) is 83.0 Å². The molecule has 0 radical (unpaired) electrons. The van der Waals surface area contributed by atoms with Crippen LogP contribution in [-0.4, -0.2) is 10.9 Å². The van der Waals surface area contributed by atoms with Gasteiger partial charge in [0, 0.05) is 6.42 Å². The maximum atomic E-state index is 10.6. The zero-order valence-electron chi connectivity index (χ0n) is 20.4. The second-order valence-corrected chi connectivity index (χ2v) is 8.66. The smallest absolute Gasteiger partial charge is 0.130 e. The van der Waals surface area contributed by atoms with E-state index in [2.05, 4.69) is 26.0 Å². The molecule has 0 aromatic heterocycles. The van der Waals surface area contributed by atoms with E-state index in [1.165, 1.54) is 49.7 Å². The number of hydrogen-bond acceptors (Lipinski definition) is 2. The molecule has 1 aliphatic carbocycles. The van der Waals surface area contributed by atoms with Gasteiger partial charge in [-0.3, -0.25) is 0 Å². The lowest BCUT2D eigenvalue weighted by molar-refractivity contribution is -0.116. The summed E-state index contributed by atoms with van der Waals surface area (Å²) in [4.78, 5) is 10.6. The minimum absolute atomic E-state index is 0.258. The third-order valence-electron chi connectivity index (χ3n) is 6.29. The van der Waals surface area contributed by atoms with Gasteiger partial charge in [0.25, 0.3) is 0 Å². The molecule has 1 atom stereocenters. The molecular formula is C29H44O2. The van der Waals surface area contributed by atoms with Gasteiger partial charge in [-0.2, -0.15) is 0 Å². The molecule has 2 nitrogen and oxygen atoms in total. The highest BCUT2D eigenvalue weighted by Crippen LogP contribution is 2.39. The summed E-state index contributed by atoms with van der Waals surface area (Å²) in [7, 11) is 0. The fraction of sp³-hybridized carbons (Fsp3) is 0.552. The number of benzene rings is 2. The summed E-state index contributed by atoms with van der Waals surface area (Å²) in [5.41, 5.74) is 2.65. The van der Waals surface area contributed by atoms with Crippen molar-refractivity contribution < 1.29 is 9.90 Å². The minimum atomic E-state index is 0.258. The van der Waals surface area contributed by atoms with E-state index in [0.29, 0.717) is 12.2 Å². The lowest BCUT2D eigenvalue weighted by atomic mass is 9.73. The first-order valence-electron chi connectivity index (χ1n) is 12.3. The molecule has 0 aliphatic heterocycles. The van der Waals surface area contributed by atoms with Crippen LogP contribution in [0.25, 0.3) is 0 Å². The zero-order chi connectivity index (χ0) is 23.1. The molecule has 1 aliphatic rings. The Bertz CT molecular complexity index is 697. The number of Topliss-reactive ketones (excluding diaryl/α,β-unsaturated/α-hetero) is 1. The molecule has 31 heavy (non-hydrogen) atoms. The molecule has 1 N–H and O–H groups in total. The van der Waals surface area contributed by atoms with Crippen LogP contribution in [0.15, 0.2) is 54.6 Å². The van der Waals surface area contributed by atoms with Crippen LogP contribution in [-0.2, 0) is 11.2 Å². The molecule has 0 bridgehead atoms. The van der Waals surface area contributed by atoms with Crippen molar-refractivity contribution in [3.63, 3.8) is 0 Å². The van der Waals surface area contributed by atoms with Crippen molar-refractivity contribution in [2.24, 2.45) is 11.8 Å². The van der Waals surface area contributed by atoms with Crippen molar-refractivity contribution in [1.82, 2.24) is 0 Å². The molecule has 3 rings (SSSR count). The molecule has 0 amide bonds. The van der Waals surface area contributed by atoms with Crippen LogP contribution in [0.2, 0.25) is 0 Å². The fourth-order valence-electron chi connectivity index (χ4n) is 4.42. The van der Waals surface area contributed by atoms with E-state index >= 15 is 0 Å². The van der Waals surface area contributed by atoms with Gasteiger partial charge in [-0.05, 0) is 80.0 Å². The summed E-state index contributed by atoms with van der Waals surface area (Å²) in [6.07, 6.45) is 9.64. The third-order valence-corrected chi connectivity index (χ3v) is 6.29. The maximum absolute atomic E-state index is 10.6. The normalized spacial score (nSPS) is 18.6. The lowest BCUT2D eigenvalue weighted by Crippen LogP contribution is -2.19. The number of ketones is 1. The summed E-state index contributed by atoms with van der Waals surface area (Å²) < 4.78 is 0. The quantitative estimate of drug-likeness (QED) is 0.485. The van der Waals surface area contributed by atoms with Gasteiger partial charge in [0.2, 0.25) is 0 Å². The van der Waals surface area contributed by atoms with Gasteiger partial charge in [0.05, 0.1) is 0 Å². The fourth-order valence-corrected chi connectivity index (χ4v) is 4.42. The first-order valence-corrected chi connectivity index (χ1v) is 12.3. The largest absolute Gasteiger partial charge is 0.508 e. The van der Waals surface area contributed by atoms with Gasteiger partial charge in [-0.25, -0.2) is 0 Å². The molecule has 0 saturated heterocycles. The predicted octanol–water partition coefficient (Wildman–Crippen LogP) is 8.34. The van der Waals surface area contributed by atoms with Gasteiger partial charge in [0.15, 0.2) is 0 Å². The first kappa shape index (κ1) is 26.9. The SMILES string of the molecule is CC.CC(=O)CCc1ccccc1.CCCC(C)C1CCC(c2ccc(O)cc2)CC1. The number of carbonyl (C=O) groups excluding carboxylic acids is 1. The summed E-state index contributed by atoms with van der Waals surface area (Å²) in [6, 6.07) is 17.9. The zero-order valence-corrected chi connectivity index (χ0v) is 20.4. The van der Waals surface area contributed by atoms with Gasteiger partial charge in [-0.15, -0.1) is 0 Å². The lowest BCUT2D eigenvalue weighted by Gasteiger charge is -2.32. The number of rotatable bonds is 7. The van der Waals surface area contributed by atoms with Crippen LogP contribution in [0.5, 0.6) is 5.75 Å². The van der Waals surface area contributed by atoms with Crippen molar-refractivity contribution in [2.75, 3.05) is 0 Å². The second kappa shape index (κ2) is 15.7. The molecule has 1 saturated carbocycles. The Morgan fingerprint density at radius 3 is 2.06 bits per heavy atom. The summed E-state index contributed by atoms with van der Waals surface area (Å²) in [6.45, 7) is 10.3. The van der Waals surface area contributed by atoms with Crippen LogP contribution < -0.4 is 0 Å². The van der Waals surface area contributed by atoms with E-state index in [-0.39, 0.29) is 5.78 Å². The average molecular weight is 425 g/mol. The van der Waals surface area contributed by atoms with Crippen molar-refractivity contribution in [2.45, 2.75) is 91.9 Å².